The Labute approximate surface area is 112 Å². The minimum Gasteiger partial charge on any atom is -0.296 e. The third-order valence-electron chi connectivity index (χ3n) is 3.01. The molecule has 0 bridgehead atoms. The number of nitro benzene ring substituents is 1. The minimum absolute atomic E-state index is 0.0231. The maximum atomic E-state index is 11.8. The first-order chi connectivity index (χ1) is 9.56. The Bertz CT molecular complexity index is 861. The molecule has 0 fully saturated rings. The zero-order valence-corrected chi connectivity index (χ0v) is 10.5. The second-order valence-electron chi connectivity index (χ2n) is 4.39. The molecular weight excluding hydrogens is 260 g/mol. The number of fused-ring (bicyclic) bond motifs is 1. The van der Waals surface area contributed by atoms with E-state index in [9.17, 15) is 14.9 Å². The maximum absolute atomic E-state index is 11.8. The minimum atomic E-state index is -0.452. The summed E-state index contributed by atoms with van der Waals surface area (Å²) in [5, 5.41) is 13.5. The van der Waals surface area contributed by atoms with Crippen molar-refractivity contribution < 1.29 is 4.92 Å². The van der Waals surface area contributed by atoms with Gasteiger partial charge in [-0.05, 0) is 24.6 Å². The number of aromatic nitrogens is 3. The molecule has 7 nitrogen and oxygen atoms in total. The molecule has 0 radical (unpaired) electrons. The SMILES string of the molecule is Cc1cc(=O)n2[nH]cc(-c3ccc([N+](=O)[O-])cc3)c2n1. The van der Waals surface area contributed by atoms with Gasteiger partial charge in [-0.25, -0.2) is 9.50 Å². The van der Waals surface area contributed by atoms with Crippen molar-refractivity contribution in [2.75, 3.05) is 0 Å². The Kier molecular flexibility index (Phi) is 2.60. The van der Waals surface area contributed by atoms with Crippen LogP contribution in [0, 0.1) is 17.0 Å². The van der Waals surface area contributed by atoms with Crippen molar-refractivity contribution in [1.82, 2.24) is 14.6 Å². The van der Waals surface area contributed by atoms with Gasteiger partial charge < -0.3 is 0 Å². The Morgan fingerprint density at radius 2 is 2.00 bits per heavy atom. The second-order valence-corrected chi connectivity index (χ2v) is 4.39. The lowest BCUT2D eigenvalue weighted by molar-refractivity contribution is -0.384. The van der Waals surface area contributed by atoms with Crippen LogP contribution in [-0.2, 0) is 0 Å². The molecule has 1 aromatic carbocycles. The van der Waals surface area contributed by atoms with Crippen molar-refractivity contribution >= 4 is 11.3 Å². The number of H-pyrrole nitrogens is 1. The Morgan fingerprint density at radius 3 is 2.65 bits per heavy atom. The first-order valence-electron chi connectivity index (χ1n) is 5.89. The first kappa shape index (κ1) is 12.1. The molecule has 100 valence electrons. The fourth-order valence-electron chi connectivity index (χ4n) is 2.07. The van der Waals surface area contributed by atoms with Crippen LogP contribution in [0.3, 0.4) is 0 Å². The highest BCUT2D eigenvalue weighted by Crippen LogP contribution is 2.24. The van der Waals surface area contributed by atoms with E-state index in [2.05, 4.69) is 10.1 Å². The molecule has 0 unspecified atom stereocenters. The molecule has 0 atom stereocenters. The van der Waals surface area contributed by atoms with Crippen molar-refractivity contribution in [3.8, 4) is 11.1 Å². The average molecular weight is 270 g/mol. The van der Waals surface area contributed by atoms with Crippen LogP contribution in [0.1, 0.15) is 5.69 Å². The van der Waals surface area contributed by atoms with E-state index >= 15 is 0 Å². The van der Waals surface area contributed by atoms with Crippen molar-refractivity contribution in [3.63, 3.8) is 0 Å². The summed E-state index contributed by atoms with van der Waals surface area (Å²) in [6, 6.07) is 7.55. The molecule has 1 N–H and O–H groups in total. The fourth-order valence-corrected chi connectivity index (χ4v) is 2.07. The molecule has 0 spiro atoms. The van der Waals surface area contributed by atoms with Gasteiger partial charge in [0.25, 0.3) is 11.2 Å². The molecule has 0 aliphatic rings. The summed E-state index contributed by atoms with van der Waals surface area (Å²) in [4.78, 5) is 26.3. The van der Waals surface area contributed by atoms with Crippen LogP contribution in [0.2, 0.25) is 0 Å². The van der Waals surface area contributed by atoms with Crippen molar-refractivity contribution in [2.24, 2.45) is 0 Å². The molecule has 2 heterocycles. The van der Waals surface area contributed by atoms with Crippen molar-refractivity contribution in [2.45, 2.75) is 6.92 Å². The van der Waals surface area contributed by atoms with E-state index in [0.29, 0.717) is 11.3 Å². The van der Waals surface area contributed by atoms with Crippen molar-refractivity contribution in [3.05, 3.63) is 62.7 Å². The van der Waals surface area contributed by atoms with Crippen LogP contribution in [-0.4, -0.2) is 19.5 Å². The van der Waals surface area contributed by atoms with Gasteiger partial charge in [0.2, 0.25) is 0 Å². The summed E-state index contributed by atoms with van der Waals surface area (Å²) in [6.07, 6.45) is 1.66. The zero-order valence-electron chi connectivity index (χ0n) is 10.5. The molecule has 0 aliphatic heterocycles. The molecule has 0 saturated heterocycles. The van der Waals surface area contributed by atoms with E-state index in [4.69, 9.17) is 0 Å². The van der Waals surface area contributed by atoms with Gasteiger partial charge in [-0.15, -0.1) is 0 Å². The highest BCUT2D eigenvalue weighted by molar-refractivity contribution is 5.77. The van der Waals surface area contributed by atoms with Crippen LogP contribution in [0.4, 0.5) is 5.69 Å². The largest absolute Gasteiger partial charge is 0.296 e. The summed E-state index contributed by atoms with van der Waals surface area (Å²) < 4.78 is 1.34. The third-order valence-corrected chi connectivity index (χ3v) is 3.01. The number of non-ortho nitro benzene ring substituents is 1. The quantitative estimate of drug-likeness (QED) is 0.568. The highest BCUT2D eigenvalue weighted by Gasteiger charge is 2.11. The average Bonchev–Trinajstić information content (AvgIpc) is 2.82. The lowest BCUT2D eigenvalue weighted by Crippen LogP contribution is -2.14. The lowest BCUT2D eigenvalue weighted by atomic mass is 10.1. The van der Waals surface area contributed by atoms with Crippen molar-refractivity contribution in [1.29, 1.82) is 0 Å². The lowest BCUT2D eigenvalue weighted by Gasteiger charge is -1.99. The van der Waals surface area contributed by atoms with E-state index in [1.807, 2.05) is 0 Å². The number of hydrogen-bond acceptors (Lipinski definition) is 4. The molecule has 7 heteroatoms. The number of nitrogens with one attached hydrogen (secondary N) is 1. The van der Waals surface area contributed by atoms with E-state index in [1.165, 1.54) is 22.7 Å². The molecule has 3 rings (SSSR count). The Hall–Kier alpha value is -2.96. The summed E-state index contributed by atoms with van der Waals surface area (Å²) in [5.41, 5.74) is 2.43. The number of rotatable bonds is 2. The van der Waals surface area contributed by atoms with Gasteiger partial charge in [0.1, 0.15) is 0 Å². The van der Waals surface area contributed by atoms with Crippen LogP contribution in [0.15, 0.2) is 41.3 Å². The van der Waals surface area contributed by atoms with Gasteiger partial charge >= 0.3 is 0 Å². The molecule has 0 saturated carbocycles. The van der Waals surface area contributed by atoms with Gasteiger partial charge in [-0.3, -0.25) is 20.0 Å². The maximum Gasteiger partial charge on any atom is 0.272 e. The van der Waals surface area contributed by atoms with Gasteiger partial charge in [-0.1, -0.05) is 0 Å². The molecule has 0 amide bonds. The summed E-state index contributed by atoms with van der Waals surface area (Å²) in [6.45, 7) is 1.74. The van der Waals surface area contributed by atoms with Gasteiger partial charge in [0.15, 0.2) is 5.65 Å². The van der Waals surface area contributed by atoms with E-state index in [1.54, 1.807) is 25.3 Å². The number of benzene rings is 1. The molecular formula is C13H10N4O3. The van der Waals surface area contributed by atoms with E-state index < -0.39 is 4.92 Å². The topological polar surface area (TPSA) is 93.3 Å². The number of nitro groups is 1. The van der Waals surface area contributed by atoms with Crippen LogP contribution in [0.25, 0.3) is 16.8 Å². The number of aromatic amines is 1. The zero-order chi connectivity index (χ0) is 14.3. The van der Waals surface area contributed by atoms with Gasteiger partial charge in [0, 0.05) is 35.7 Å². The number of hydrogen-bond donors (Lipinski definition) is 1. The molecule has 20 heavy (non-hydrogen) atoms. The van der Waals surface area contributed by atoms with Crippen LogP contribution < -0.4 is 5.56 Å². The number of aryl methyl sites for hydroxylation is 1. The number of nitrogens with zero attached hydrogens (tertiary/aromatic N) is 3. The first-order valence-corrected chi connectivity index (χ1v) is 5.89. The smallest absolute Gasteiger partial charge is 0.272 e. The molecule has 2 aromatic heterocycles. The van der Waals surface area contributed by atoms with Crippen LogP contribution in [0.5, 0.6) is 0 Å². The van der Waals surface area contributed by atoms with E-state index in [-0.39, 0.29) is 11.2 Å². The monoisotopic (exact) mass is 270 g/mol. The molecule has 3 aromatic rings. The van der Waals surface area contributed by atoms with Gasteiger partial charge in [0.05, 0.1) is 4.92 Å². The van der Waals surface area contributed by atoms with E-state index in [0.717, 1.165) is 11.1 Å². The third kappa shape index (κ3) is 1.85. The van der Waals surface area contributed by atoms with Gasteiger partial charge in [-0.2, -0.15) is 0 Å². The highest BCUT2D eigenvalue weighted by atomic mass is 16.6. The second kappa shape index (κ2) is 4.30. The summed E-state index contributed by atoms with van der Waals surface area (Å²) >= 11 is 0. The summed E-state index contributed by atoms with van der Waals surface area (Å²) in [5.74, 6) is 0. The normalized spacial score (nSPS) is 10.8. The standard InChI is InChI=1S/C13H10N4O3/c1-8-6-12(18)16-13(15-8)11(7-14-16)9-2-4-10(5-3-9)17(19)20/h2-7,14H,1H3. The Morgan fingerprint density at radius 1 is 1.30 bits per heavy atom. The fraction of sp³-hybridized carbons (Fsp3) is 0.0769. The predicted octanol–water partition coefficient (Wildman–Crippen LogP) is 1.91. The summed E-state index contributed by atoms with van der Waals surface area (Å²) in [7, 11) is 0. The molecule has 0 aliphatic carbocycles. The Balaban J connectivity index is 2.19. The van der Waals surface area contributed by atoms with Crippen LogP contribution >= 0.6 is 0 Å². The predicted molar refractivity (Wildman–Crippen MR) is 72.6 cm³/mol.